The molecule has 5 nitrogen and oxygen atoms in total. The quantitative estimate of drug-likeness (QED) is 0.919. The van der Waals surface area contributed by atoms with E-state index < -0.39 is 10.8 Å². The van der Waals surface area contributed by atoms with Crippen molar-refractivity contribution < 1.29 is 9.00 Å². The van der Waals surface area contributed by atoms with E-state index in [1.807, 2.05) is 49.4 Å². The molecule has 25 heavy (non-hydrogen) atoms. The Morgan fingerprint density at radius 3 is 3.00 bits per heavy atom. The van der Waals surface area contributed by atoms with Gasteiger partial charge in [0.25, 0.3) is 0 Å². The molecule has 1 aromatic carbocycles. The Morgan fingerprint density at radius 1 is 1.32 bits per heavy atom. The van der Waals surface area contributed by atoms with Gasteiger partial charge in [-0.25, -0.2) is 4.79 Å². The molecule has 3 rings (SSSR count). The molecule has 1 aliphatic heterocycles. The Hall–Kier alpha value is -2.21. The normalized spacial score (nSPS) is 20.8. The highest BCUT2D eigenvalue weighted by molar-refractivity contribution is 7.85. The van der Waals surface area contributed by atoms with Gasteiger partial charge in [0.2, 0.25) is 0 Å². The van der Waals surface area contributed by atoms with Crippen LogP contribution in [0, 0.1) is 5.92 Å². The summed E-state index contributed by atoms with van der Waals surface area (Å²) in [5, 5.41) is 2.98. The molecule has 1 N–H and O–H groups in total. The highest BCUT2D eigenvalue weighted by atomic mass is 32.2. The summed E-state index contributed by atoms with van der Waals surface area (Å²) in [4.78, 5) is 18.6. The third-order valence-electron chi connectivity index (χ3n) is 4.21. The molecule has 6 heteroatoms. The van der Waals surface area contributed by atoms with Crippen LogP contribution in [0.25, 0.3) is 11.3 Å². The van der Waals surface area contributed by atoms with Gasteiger partial charge in [0.1, 0.15) is 0 Å². The number of rotatable bonds is 3. The Balaban J connectivity index is 1.61. The molecule has 1 aromatic heterocycles. The SMILES string of the molecule is CC1CN(C(=O)NCc2cccc(-c3ccccn3)c2)CCS(=O)C1. The number of nitrogens with zero attached hydrogens (tertiary/aromatic N) is 2. The molecule has 132 valence electrons. The second-order valence-corrected chi connectivity index (χ2v) is 8.06. The number of carbonyl (C=O) groups excluding carboxylic acids is 1. The molecule has 2 atom stereocenters. The number of carbonyl (C=O) groups is 1. The number of hydrogen-bond donors (Lipinski definition) is 1. The smallest absolute Gasteiger partial charge is 0.317 e. The molecule has 1 aliphatic rings. The summed E-state index contributed by atoms with van der Waals surface area (Å²) in [7, 11) is -0.818. The number of benzene rings is 1. The molecular formula is C19H23N3O2S. The molecule has 2 unspecified atom stereocenters. The van der Waals surface area contributed by atoms with Gasteiger partial charge in [-0.1, -0.05) is 31.2 Å². The summed E-state index contributed by atoms with van der Waals surface area (Å²) in [5.74, 6) is 1.50. The minimum atomic E-state index is -0.818. The fourth-order valence-electron chi connectivity index (χ4n) is 2.98. The Morgan fingerprint density at radius 2 is 2.20 bits per heavy atom. The average molecular weight is 357 g/mol. The summed E-state index contributed by atoms with van der Waals surface area (Å²) in [5.41, 5.74) is 2.98. The highest BCUT2D eigenvalue weighted by Gasteiger charge is 2.22. The van der Waals surface area contributed by atoms with Crippen LogP contribution in [0.15, 0.2) is 48.7 Å². The lowest BCUT2D eigenvalue weighted by atomic mass is 10.1. The van der Waals surface area contributed by atoms with Crippen LogP contribution in [-0.2, 0) is 17.3 Å². The van der Waals surface area contributed by atoms with Crippen molar-refractivity contribution in [3.05, 3.63) is 54.2 Å². The van der Waals surface area contributed by atoms with Gasteiger partial charge in [0, 0.05) is 53.7 Å². The lowest BCUT2D eigenvalue weighted by Gasteiger charge is -2.22. The Bertz CT molecular complexity index is 751. The lowest BCUT2D eigenvalue weighted by molar-refractivity contribution is 0.195. The van der Waals surface area contributed by atoms with Crippen LogP contribution in [0.2, 0.25) is 0 Å². The van der Waals surface area contributed by atoms with Crippen LogP contribution in [0.3, 0.4) is 0 Å². The van der Waals surface area contributed by atoms with Gasteiger partial charge in [-0.05, 0) is 29.7 Å². The van der Waals surface area contributed by atoms with Gasteiger partial charge < -0.3 is 10.2 Å². The van der Waals surface area contributed by atoms with E-state index in [0.717, 1.165) is 16.8 Å². The number of pyridine rings is 1. The van der Waals surface area contributed by atoms with E-state index in [4.69, 9.17) is 0 Å². The van der Waals surface area contributed by atoms with E-state index in [1.165, 1.54) is 0 Å². The second-order valence-electron chi connectivity index (χ2n) is 6.44. The third kappa shape index (κ3) is 4.89. The van der Waals surface area contributed by atoms with E-state index in [0.29, 0.717) is 31.1 Å². The van der Waals surface area contributed by atoms with Gasteiger partial charge >= 0.3 is 6.03 Å². The van der Waals surface area contributed by atoms with Crippen LogP contribution in [-0.4, -0.2) is 44.7 Å². The van der Waals surface area contributed by atoms with E-state index in [1.54, 1.807) is 11.1 Å². The van der Waals surface area contributed by atoms with Crippen LogP contribution in [0.5, 0.6) is 0 Å². The van der Waals surface area contributed by atoms with Crippen molar-refractivity contribution in [2.24, 2.45) is 5.92 Å². The monoisotopic (exact) mass is 357 g/mol. The minimum absolute atomic E-state index is 0.0889. The molecule has 1 saturated heterocycles. The first-order valence-corrected chi connectivity index (χ1v) is 9.99. The van der Waals surface area contributed by atoms with Crippen molar-refractivity contribution in [3.8, 4) is 11.3 Å². The van der Waals surface area contributed by atoms with Gasteiger partial charge in [0.15, 0.2) is 0 Å². The van der Waals surface area contributed by atoms with Crippen LogP contribution < -0.4 is 5.32 Å². The Kier molecular flexibility index (Phi) is 5.81. The largest absolute Gasteiger partial charge is 0.334 e. The number of nitrogens with one attached hydrogen (secondary N) is 1. The number of aromatic nitrogens is 1. The topological polar surface area (TPSA) is 62.3 Å². The predicted molar refractivity (Wildman–Crippen MR) is 101 cm³/mol. The molecule has 2 heterocycles. The molecule has 0 bridgehead atoms. The first kappa shape index (κ1) is 17.6. The summed E-state index contributed by atoms with van der Waals surface area (Å²) < 4.78 is 11.8. The van der Waals surface area contributed by atoms with Crippen LogP contribution in [0.4, 0.5) is 4.79 Å². The zero-order chi connectivity index (χ0) is 17.6. The fraction of sp³-hybridized carbons (Fsp3) is 0.368. The van der Waals surface area contributed by atoms with Crippen molar-refractivity contribution >= 4 is 16.8 Å². The molecule has 1 fully saturated rings. The summed E-state index contributed by atoms with van der Waals surface area (Å²) in [6.07, 6.45) is 1.77. The van der Waals surface area contributed by atoms with Crippen molar-refractivity contribution in [2.75, 3.05) is 24.6 Å². The molecule has 2 aromatic rings. The third-order valence-corrected chi connectivity index (χ3v) is 5.79. The predicted octanol–water partition coefficient (Wildman–Crippen LogP) is 2.66. The maximum absolute atomic E-state index is 12.4. The van der Waals surface area contributed by atoms with Crippen molar-refractivity contribution in [2.45, 2.75) is 13.5 Å². The van der Waals surface area contributed by atoms with E-state index >= 15 is 0 Å². The second kappa shape index (κ2) is 8.25. The molecular weight excluding hydrogens is 334 g/mol. The molecule has 0 aliphatic carbocycles. The number of hydrogen-bond acceptors (Lipinski definition) is 3. The standard InChI is InChI=1S/C19H23N3O2S/c1-15-13-22(9-10-25(24)14-15)19(23)21-12-16-5-4-6-17(11-16)18-7-2-3-8-20-18/h2-8,11,15H,9-10,12-14H2,1H3,(H,21,23). The fourth-order valence-corrected chi connectivity index (χ4v) is 4.31. The molecule has 0 saturated carbocycles. The summed E-state index contributed by atoms with van der Waals surface area (Å²) in [6, 6.07) is 13.8. The summed E-state index contributed by atoms with van der Waals surface area (Å²) >= 11 is 0. The van der Waals surface area contributed by atoms with E-state index in [-0.39, 0.29) is 11.9 Å². The van der Waals surface area contributed by atoms with Gasteiger partial charge in [-0.15, -0.1) is 0 Å². The van der Waals surface area contributed by atoms with E-state index in [9.17, 15) is 9.00 Å². The van der Waals surface area contributed by atoms with Crippen molar-refractivity contribution in [1.29, 1.82) is 0 Å². The van der Waals surface area contributed by atoms with Gasteiger partial charge in [0.05, 0.1) is 5.69 Å². The first-order valence-electron chi connectivity index (χ1n) is 8.50. The molecule has 0 radical (unpaired) electrons. The Labute approximate surface area is 150 Å². The molecule has 0 spiro atoms. The first-order chi connectivity index (χ1) is 12.1. The lowest BCUT2D eigenvalue weighted by Crippen LogP contribution is -2.42. The van der Waals surface area contributed by atoms with E-state index in [2.05, 4.69) is 10.3 Å². The maximum Gasteiger partial charge on any atom is 0.317 e. The van der Waals surface area contributed by atoms with Crippen molar-refractivity contribution in [1.82, 2.24) is 15.2 Å². The van der Waals surface area contributed by atoms with Crippen LogP contribution >= 0.6 is 0 Å². The number of urea groups is 1. The van der Waals surface area contributed by atoms with Gasteiger partial charge in [-0.2, -0.15) is 0 Å². The van der Waals surface area contributed by atoms with Gasteiger partial charge in [-0.3, -0.25) is 9.19 Å². The van der Waals surface area contributed by atoms with Crippen LogP contribution in [0.1, 0.15) is 12.5 Å². The summed E-state index contributed by atoms with van der Waals surface area (Å²) in [6.45, 7) is 3.72. The zero-order valence-electron chi connectivity index (χ0n) is 14.4. The highest BCUT2D eigenvalue weighted by Crippen LogP contribution is 2.17. The van der Waals surface area contributed by atoms with Crippen molar-refractivity contribution in [3.63, 3.8) is 0 Å². The molecule has 2 amide bonds. The minimum Gasteiger partial charge on any atom is -0.334 e. The maximum atomic E-state index is 12.4. The number of amides is 2. The average Bonchev–Trinajstić information content (AvgIpc) is 2.81. The zero-order valence-corrected chi connectivity index (χ0v) is 15.2.